The van der Waals surface area contributed by atoms with Crippen molar-refractivity contribution in [3.8, 4) is 0 Å². The van der Waals surface area contributed by atoms with Crippen LogP contribution in [0.15, 0.2) is 44.6 Å². The van der Waals surface area contributed by atoms with E-state index in [-0.39, 0.29) is 36.2 Å². The third-order valence-corrected chi connectivity index (χ3v) is 8.59. The third kappa shape index (κ3) is 4.65. The molecule has 0 bridgehead atoms. The second-order valence-electron chi connectivity index (χ2n) is 10.4. The van der Waals surface area contributed by atoms with E-state index in [4.69, 9.17) is 9.25 Å². The summed E-state index contributed by atoms with van der Waals surface area (Å²) in [5, 5.41) is 17.4. The van der Waals surface area contributed by atoms with Crippen molar-refractivity contribution in [3.63, 3.8) is 0 Å². The molecule has 4 rings (SSSR count). The Labute approximate surface area is 214 Å². The van der Waals surface area contributed by atoms with Crippen molar-refractivity contribution >= 4 is 33.5 Å². The topological polar surface area (TPSA) is 101 Å². The Bertz CT molecular complexity index is 1140. The number of fused-ring (bicyclic) bond motifs is 3. The third-order valence-electron chi connectivity index (χ3n) is 7.90. The molecule has 1 fully saturated rings. The number of benzene rings is 1. The molecule has 2 aliphatic carbocycles. The first-order valence-electron chi connectivity index (χ1n) is 12.2. The molecule has 0 radical (unpaired) electrons. The van der Waals surface area contributed by atoms with Crippen LogP contribution in [-0.2, 0) is 15.0 Å². The van der Waals surface area contributed by atoms with E-state index in [9.17, 15) is 14.7 Å². The SMILES string of the molecule is CC(C)c1cc2c(cc1Br)[C@@]1(C)CCC[C@@](C)(C(=O)O)[C@@H]1C/C2=N\OCCNC(=O)c1ccco1. The van der Waals surface area contributed by atoms with E-state index in [0.29, 0.717) is 18.8 Å². The normalized spacial score (nSPS) is 26.8. The summed E-state index contributed by atoms with van der Waals surface area (Å²) in [5.41, 5.74) is 3.00. The number of amides is 1. The van der Waals surface area contributed by atoms with E-state index in [2.05, 4.69) is 59.3 Å². The average Bonchev–Trinajstić information content (AvgIpc) is 3.34. The number of hydrogen-bond acceptors (Lipinski definition) is 5. The number of carboxylic acids is 1. The number of nitrogens with zero attached hydrogens (tertiary/aromatic N) is 1. The fourth-order valence-electron chi connectivity index (χ4n) is 5.87. The van der Waals surface area contributed by atoms with Crippen LogP contribution in [0, 0.1) is 11.3 Å². The highest BCUT2D eigenvalue weighted by molar-refractivity contribution is 9.10. The highest BCUT2D eigenvalue weighted by atomic mass is 79.9. The van der Waals surface area contributed by atoms with Crippen LogP contribution < -0.4 is 5.32 Å². The van der Waals surface area contributed by atoms with Gasteiger partial charge in [-0.15, -0.1) is 0 Å². The number of carbonyl (C=O) groups excluding carboxylic acids is 1. The van der Waals surface area contributed by atoms with Gasteiger partial charge in [-0.1, -0.05) is 48.3 Å². The molecule has 0 spiro atoms. The number of carboxylic acid groups (broad SMARTS) is 1. The number of nitrogens with one attached hydrogen (secondary N) is 1. The maximum Gasteiger partial charge on any atom is 0.309 e. The number of carbonyl (C=O) groups is 2. The maximum absolute atomic E-state index is 12.4. The Morgan fingerprint density at radius 2 is 2.09 bits per heavy atom. The van der Waals surface area contributed by atoms with E-state index in [1.165, 1.54) is 11.8 Å². The summed E-state index contributed by atoms with van der Waals surface area (Å²) in [5.74, 6) is -0.609. The van der Waals surface area contributed by atoms with Gasteiger partial charge < -0.3 is 19.7 Å². The van der Waals surface area contributed by atoms with Crippen molar-refractivity contribution in [1.82, 2.24) is 5.32 Å². The first kappa shape index (κ1) is 25.5. The molecule has 1 aromatic carbocycles. The van der Waals surface area contributed by atoms with Gasteiger partial charge in [0, 0.05) is 10.0 Å². The average molecular weight is 545 g/mol. The summed E-state index contributed by atoms with van der Waals surface area (Å²) in [4.78, 5) is 30.1. The fourth-order valence-corrected chi connectivity index (χ4v) is 6.67. The molecule has 2 N–H and O–H groups in total. The minimum absolute atomic E-state index is 0.105. The predicted octanol–water partition coefficient (Wildman–Crippen LogP) is 5.87. The van der Waals surface area contributed by atoms with Gasteiger partial charge in [-0.2, -0.15) is 0 Å². The standard InChI is InChI=1S/C27H33BrN2O5/c1-16(2)17-13-18-19(14-20(17)28)26(3)8-6-9-27(4,25(32)33)23(26)15-21(18)30-35-12-10-29-24(31)22-7-5-11-34-22/h5,7,11,13-14,16,23H,6,8-10,12,15H2,1-4H3,(H,29,31)(H,32,33)/b30-21+/t23-,26-,27-/m1/s1. The van der Waals surface area contributed by atoms with Crippen LogP contribution >= 0.6 is 15.9 Å². The summed E-state index contributed by atoms with van der Waals surface area (Å²) in [6.07, 6.45) is 4.44. The van der Waals surface area contributed by atoms with Crippen molar-refractivity contribution in [3.05, 3.63) is 57.5 Å². The van der Waals surface area contributed by atoms with Gasteiger partial charge in [-0.25, -0.2) is 0 Å². The molecule has 2 aromatic rings. The summed E-state index contributed by atoms with van der Waals surface area (Å²) in [6.45, 7) is 8.85. The minimum Gasteiger partial charge on any atom is -0.481 e. The lowest BCUT2D eigenvalue weighted by molar-refractivity contribution is -0.156. The van der Waals surface area contributed by atoms with Crippen LogP contribution in [0.2, 0.25) is 0 Å². The van der Waals surface area contributed by atoms with Gasteiger partial charge in [0.1, 0.15) is 6.61 Å². The van der Waals surface area contributed by atoms with E-state index >= 15 is 0 Å². The molecule has 1 saturated carbocycles. The van der Waals surface area contributed by atoms with Crippen molar-refractivity contribution < 1.29 is 24.0 Å². The van der Waals surface area contributed by atoms with Gasteiger partial charge in [-0.3, -0.25) is 9.59 Å². The molecule has 8 heteroatoms. The zero-order valence-electron chi connectivity index (χ0n) is 20.7. The number of oxime groups is 1. The van der Waals surface area contributed by atoms with E-state index in [1.54, 1.807) is 12.1 Å². The monoisotopic (exact) mass is 544 g/mol. The highest BCUT2D eigenvalue weighted by Gasteiger charge is 2.56. The predicted molar refractivity (Wildman–Crippen MR) is 137 cm³/mol. The molecule has 35 heavy (non-hydrogen) atoms. The van der Waals surface area contributed by atoms with Crippen LogP contribution in [0.5, 0.6) is 0 Å². The number of rotatable bonds is 7. The van der Waals surface area contributed by atoms with Crippen LogP contribution in [-0.4, -0.2) is 35.8 Å². The fraction of sp³-hybridized carbons (Fsp3) is 0.519. The maximum atomic E-state index is 12.4. The molecule has 188 valence electrons. The quantitative estimate of drug-likeness (QED) is 0.335. The second kappa shape index (κ2) is 9.80. The van der Waals surface area contributed by atoms with Gasteiger partial charge in [0.2, 0.25) is 0 Å². The Hall–Kier alpha value is -2.61. The first-order chi connectivity index (χ1) is 16.6. The van der Waals surface area contributed by atoms with Gasteiger partial charge in [0.25, 0.3) is 5.91 Å². The van der Waals surface area contributed by atoms with Gasteiger partial charge >= 0.3 is 5.97 Å². The Balaban J connectivity index is 1.63. The first-order valence-corrected chi connectivity index (χ1v) is 13.0. The lowest BCUT2D eigenvalue weighted by Crippen LogP contribution is -2.53. The second-order valence-corrected chi connectivity index (χ2v) is 11.3. The van der Waals surface area contributed by atoms with E-state index in [1.807, 2.05) is 6.92 Å². The van der Waals surface area contributed by atoms with Crippen LogP contribution in [0.4, 0.5) is 0 Å². The summed E-state index contributed by atoms with van der Waals surface area (Å²) in [6, 6.07) is 7.61. The smallest absolute Gasteiger partial charge is 0.309 e. The number of halogens is 1. The van der Waals surface area contributed by atoms with Crippen LogP contribution in [0.1, 0.15) is 86.5 Å². The van der Waals surface area contributed by atoms with Crippen molar-refractivity contribution in [2.75, 3.05) is 13.2 Å². The zero-order chi connectivity index (χ0) is 25.4. The van der Waals surface area contributed by atoms with Gasteiger partial charge in [0.15, 0.2) is 5.76 Å². The largest absolute Gasteiger partial charge is 0.481 e. The molecule has 3 atom stereocenters. The molecular formula is C27H33BrN2O5. The molecule has 1 heterocycles. The summed E-state index contributed by atoms with van der Waals surface area (Å²) < 4.78 is 6.13. The summed E-state index contributed by atoms with van der Waals surface area (Å²) >= 11 is 3.76. The lowest BCUT2D eigenvalue weighted by Gasteiger charge is -2.53. The van der Waals surface area contributed by atoms with Crippen LogP contribution in [0.25, 0.3) is 0 Å². The molecular weight excluding hydrogens is 512 g/mol. The van der Waals surface area contributed by atoms with Crippen molar-refractivity contribution in [2.24, 2.45) is 16.5 Å². The van der Waals surface area contributed by atoms with Gasteiger partial charge in [0.05, 0.1) is 23.9 Å². The Morgan fingerprint density at radius 3 is 2.74 bits per heavy atom. The van der Waals surface area contributed by atoms with Crippen molar-refractivity contribution in [1.29, 1.82) is 0 Å². The van der Waals surface area contributed by atoms with E-state index in [0.717, 1.165) is 34.2 Å². The summed E-state index contributed by atoms with van der Waals surface area (Å²) in [7, 11) is 0. The molecule has 0 unspecified atom stereocenters. The molecule has 0 aliphatic heterocycles. The Morgan fingerprint density at radius 1 is 1.31 bits per heavy atom. The van der Waals surface area contributed by atoms with E-state index < -0.39 is 11.4 Å². The molecule has 1 amide bonds. The number of hydrogen-bond donors (Lipinski definition) is 2. The molecule has 1 aromatic heterocycles. The number of furan rings is 1. The lowest BCUT2D eigenvalue weighted by atomic mass is 9.49. The molecule has 2 aliphatic rings. The number of aliphatic carboxylic acids is 1. The highest BCUT2D eigenvalue weighted by Crippen LogP contribution is 2.58. The van der Waals surface area contributed by atoms with Crippen molar-refractivity contribution in [2.45, 2.75) is 64.7 Å². The van der Waals surface area contributed by atoms with Gasteiger partial charge in [-0.05, 0) is 78.8 Å². The van der Waals surface area contributed by atoms with Crippen LogP contribution in [0.3, 0.4) is 0 Å². The Kier molecular flexibility index (Phi) is 7.13. The zero-order valence-corrected chi connectivity index (χ0v) is 22.3. The molecule has 0 saturated heterocycles. The minimum atomic E-state index is -0.842. The molecule has 7 nitrogen and oxygen atoms in total.